The lowest BCUT2D eigenvalue weighted by Crippen LogP contribution is -2.44. The summed E-state index contributed by atoms with van der Waals surface area (Å²) in [6, 6.07) is 4.29. The van der Waals surface area contributed by atoms with Crippen molar-refractivity contribution in [3.8, 4) is 5.75 Å². The lowest BCUT2D eigenvalue weighted by atomic mass is 9.74. The second-order valence-corrected chi connectivity index (χ2v) is 8.44. The number of halogens is 1. The minimum Gasteiger partial charge on any atom is -0.484 e. The predicted molar refractivity (Wildman–Crippen MR) is 114 cm³/mol. The van der Waals surface area contributed by atoms with Crippen LogP contribution in [-0.2, 0) is 9.47 Å². The van der Waals surface area contributed by atoms with Crippen molar-refractivity contribution in [3.63, 3.8) is 0 Å². The predicted octanol–water partition coefficient (Wildman–Crippen LogP) is 4.83. The topological polar surface area (TPSA) is 48.0 Å². The van der Waals surface area contributed by atoms with E-state index in [9.17, 15) is 9.18 Å². The van der Waals surface area contributed by atoms with Crippen molar-refractivity contribution in [2.45, 2.75) is 64.4 Å². The van der Waals surface area contributed by atoms with E-state index >= 15 is 0 Å². The minimum absolute atomic E-state index is 0.159. The van der Waals surface area contributed by atoms with E-state index in [-0.39, 0.29) is 11.4 Å². The molecule has 2 fully saturated rings. The van der Waals surface area contributed by atoms with Gasteiger partial charge in [0.2, 0.25) is 0 Å². The SMILES string of the molecule is CCC(CC)(Oc1cc(C(=O)OCCN2CCOCC2)ccc1F)C1CCCCC1. The average molecular weight is 422 g/mol. The van der Waals surface area contributed by atoms with Gasteiger partial charge in [-0.2, -0.15) is 0 Å². The van der Waals surface area contributed by atoms with E-state index in [2.05, 4.69) is 18.7 Å². The molecule has 0 amide bonds. The molecule has 0 radical (unpaired) electrons. The molecule has 6 heteroatoms. The number of esters is 1. The Morgan fingerprint density at radius 1 is 1.17 bits per heavy atom. The average Bonchev–Trinajstić information content (AvgIpc) is 2.80. The van der Waals surface area contributed by atoms with Gasteiger partial charge in [-0.25, -0.2) is 9.18 Å². The molecule has 1 aliphatic carbocycles. The van der Waals surface area contributed by atoms with Crippen molar-refractivity contribution >= 4 is 5.97 Å². The number of hydrogen-bond acceptors (Lipinski definition) is 5. The third-order valence-electron chi connectivity index (χ3n) is 6.77. The fourth-order valence-corrected chi connectivity index (χ4v) is 4.79. The molecule has 0 atom stereocenters. The molecule has 1 aliphatic heterocycles. The van der Waals surface area contributed by atoms with Crippen LogP contribution in [0.2, 0.25) is 0 Å². The van der Waals surface area contributed by atoms with Gasteiger partial charge in [0.15, 0.2) is 11.6 Å². The molecule has 0 bridgehead atoms. The number of morpholine rings is 1. The number of hydrogen-bond donors (Lipinski definition) is 0. The number of carbonyl (C=O) groups excluding carboxylic acids is 1. The Morgan fingerprint density at radius 3 is 2.53 bits per heavy atom. The molecule has 1 aromatic carbocycles. The molecule has 2 aliphatic rings. The summed E-state index contributed by atoms with van der Waals surface area (Å²) < 4.78 is 31.7. The van der Waals surface area contributed by atoms with Gasteiger partial charge in [0, 0.05) is 19.6 Å². The van der Waals surface area contributed by atoms with E-state index in [0.29, 0.717) is 37.8 Å². The van der Waals surface area contributed by atoms with Crippen molar-refractivity contribution < 1.29 is 23.4 Å². The Labute approximate surface area is 179 Å². The fraction of sp³-hybridized carbons (Fsp3) is 0.708. The lowest BCUT2D eigenvalue weighted by Gasteiger charge is -2.42. The molecule has 1 saturated heterocycles. The van der Waals surface area contributed by atoms with E-state index in [4.69, 9.17) is 14.2 Å². The highest BCUT2D eigenvalue weighted by atomic mass is 19.1. The van der Waals surface area contributed by atoms with Gasteiger partial charge in [-0.1, -0.05) is 33.1 Å². The number of carbonyl (C=O) groups is 1. The summed E-state index contributed by atoms with van der Waals surface area (Å²) in [5, 5.41) is 0. The second-order valence-electron chi connectivity index (χ2n) is 8.44. The first-order chi connectivity index (χ1) is 14.6. The van der Waals surface area contributed by atoms with Gasteiger partial charge in [0.05, 0.1) is 18.8 Å². The molecule has 1 heterocycles. The summed E-state index contributed by atoms with van der Waals surface area (Å²) in [6.07, 6.45) is 7.55. The van der Waals surface area contributed by atoms with Crippen LogP contribution in [0.5, 0.6) is 5.75 Å². The van der Waals surface area contributed by atoms with Crippen LogP contribution in [0.1, 0.15) is 69.2 Å². The maximum absolute atomic E-state index is 14.6. The van der Waals surface area contributed by atoms with Crippen LogP contribution in [0.25, 0.3) is 0 Å². The molecule has 3 rings (SSSR count). The fourth-order valence-electron chi connectivity index (χ4n) is 4.79. The van der Waals surface area contributed by atoms with Crippen molar-refractivity contribution in [2.24, 2.45) is 5.92 Å². The molecule has 0 aromatic heterocycles. The van der Waals surface area contributed by atoms with Crippen molar-refractivity contribution in [1.82, 2.24) is 4.90 Å². The Hall–Kier alpha value is -1.66. The van der Waals surface area contributed by atoms with E-state index in [1.165, 1.54) is 37.5 Å². The summed E-state index contributed by atoms with van der Waals surface area (Å²) in [5.41, 5.74) is -0.0572. The second kappa shape index (κ2) is 11.1. The molecule has 5 nitrogen and oxygen atoms in total. The van der Waals surface area contributed by atoms with Crippen molar-refractivity contribution in [3.05, 3.63) is 29.6 Å². The standard InChI is InChI=1S/C24H36FNO4/c1-3-24(4-2,20-8-6-5-7-9-20)30-22-18-19(10-11-21(22)25)23(27)29-17-14-26-12-15-28-16-13-26/h10-11,18,20H,3-9,12-17H2,1-2H3. The summed E-state index contributed by atoms with van der Waals surface area (Å²) in [4.78, 5) is 14.7. The van der Waals surface area contributed by atoms with E-state index < -0.39 is 11.8 Å². The van der Waals surface area contributed by atoms with Crippen LogP contribution in [0.4, 0.5) is 4.39 Å². The zero-order chi connectivity index (χ0) is 21.4. The highest BCUT2D eigenvalue weighted by Crippen LogP contribution is 2.40. The smallest absolute Gasteiger partial charge is 0.338 e. The van der Waals surface area contributed by atoms with Gasteiger partial charge in [-0.05, 0) is 49.8 Å². The van der Waals surface area contributed by atoms with Crippen LogP contribution < -0.4 is 4.74 Å². The molecule has 1 saturated carbocycles. The van der Waals surface area contributed by atoms with Crippen LogP contribution in [-0.4, -0.2) is 55.9 Å². The van der Waals surface area contributed by atoms with Crippen molar-refractivity contribution in [1.29, 1.82) is 0 Å². The third-order valence-corrected chi connectivity index (χ3v) is 6.77. The van der Waals surface area contributed by atoms with Gasteiger partial charge in [-0.15, -0.1) is 0 Å². The normalized spacial score (nSPS) is 18.9. The Balaban J connectivity index is 1.65. The summed E-state index contributed by atoms with van der Waals surface area (Å²) in [7, 11) is 0. The third kappa shape index (κ3) is 5.73. The highest BCUT2D eigenvalue weighted by molar-refractivity contribution is 5.89. The van der Waals surface area contributed by atoms with Crippen LogP contribution in [0.3, 0.4) is 0 Å². The number of rotatable bonds is 9. The van der Waals surface area contributed by atoms with Gasteiger partial charge >= 0.3 is 5.97 Å². The first kappa shape index (κ1) is 23.0. The lowest BCUT2D eigenvalue weighted by molar-refractivity contribution is -0.0183. The molecular weight excluding hydrogens is 385 g/mol. The van der Waals surface area contributed by atoms with E-state index in [1.54, 1.807) is 0 Å². The van der Waals surface area contributed by atoms with E-state index in [1.807, 2.05) is 0 Å². The number of ether oxygens (including phenoxy) is 3. The van der Waals surface area contributed by atoms with Gasteiger partial charge in [0.25, 0.3) is 0 Å². The Kier molecular flexibility index (Phi) is 8.51. The zero-order valence-electron chi connectivity index (χ0n) is 18.5. The molecule has 0 unspecified atom stereocenters. The molecule has 1 aromatic rings. The molecule has 168 valence electrons. The zero-order valence-corrected chi connectivity index (χ0v) is 18.5. The van der Waals surface area contributed by atoms with Gasteiger partial charge in [-0.3, -0.25) is 4.90 Å². The largest absolute Gasteiger partial charge is 0.484 e. The van der Waals surface area contributed by atoms with Crippen molar-refractivity contribution in [2.75, 3.05) is 39.5 Å². The monoisotopic (exact) mass is 421 g/mol. The first-order valence-corrected chi connectivity index (χ1v) is 11.5. The van der Waals surface area contributed by atoms with Crippen LogP contribution in [0, 0.1) is 11.7 Å². The Bertz CT molecular complexity index is 680. The summed E-state index contributed by atoms with van der Waals surface area (Å²) in [6.45, 7) is 8.33. The molecule has 0 N–H and O–H groups in total. The maximum atomic E-state index is 14.6. The first-order valence-electron chi connectivity index (χ1n) is 11.5. The number of benzene rings is 1. The number of nitrogens with zero attached hydrogens (tertiary/aromatic N) is 1. The molecule has 0 spiro atoms. The van der Waals surface area contributed by atoms with Crippen LogP contribution >= 0.6 is 0 Å². The minimum atomic E-state index is -0.440. The van der Waals surface area contributed by atoms with E-state index in [0.717, 1.165) is 38.8 Å². The maximum Gasteiger partial charge on any atom is 0.338 e. The molecule has 30 heavy (non-hydrogen) atoms. The van der Waals surface area contributed by atoms with Gasteiger partial charge in [0.1, 0.15) is 12.2 Å². The summed E-state index contributed by atoms with van der Waals surface area (Å²) >= 11 is 0. The van der Waals surface area contributed by atoms with Crippen LogP contribution in [0.15, 0.2) is 18.2 Å². The highest BCUT2D eigenvalue weighted by Gasteiger charge is 2.39. The molecular formula is C24H36FNO4. The quantitative estimate of drug-likeness (QED) is 0.535. The summed E-state index contributed by atoms with van der Waals surface area (Å²) in [5.74, 6) is -0.289. The Morgan fingerprint density at radius 2 is 1.87 bits per heavy atom. The van der Waals surface area contributed by atoms with Gasteiger partial charge < -0.3 is 14.2 Å².